The molecule has 0 spiro atoms. The molecule has 140 valence electrons. The molecule has 1 fully saturated rings. The number of amides is 1. The lowest BCUT2D eigenvalue weighted by Crippen LogP contribution is -2.41. The molecule has 27 heavy (non-hydrogen) atoms. The van der Waals surface area contributed by atoms with Crippen molar-refractivity contribution in [2.45, 2.75) is 32.7 Å². The van der Waals surface area contributed by atoms with E-state index in [0.29, 0.717) is 24.6 Å². The predicted molar refractivity (Wildman–Crippen MR) is 105 cm³/mol. The maximum atomic E-state index is 12.8. The number of rotatable bonds is 4. The molecule has 3 aromatic rings. The molecule has 0 aliphatic carbocycles. The van der Waals surface area contributed by atoms with Crippen LogP contribution in [-0.4, -0.2) is 38.4 Å². The maximum absolute atomic E-state index is 12.8. The summed E-state index contributed by atoms with van der Waals surface area (Å²) in [4.78, 5) is 34.8. The Morgan fingerprint density at radius 2 is 2.15 bits per heavy atom. The molecule has 1 amide bonds. The van der Waals surface area contributed by atoms with Gasteiger partial charge in [0.05, 0.1) is 11.0 Å². The number of aromatic amines is 1. The van der Waals surface area contributed by atoms with Crippen LogP contribution in [0.1, 0.15) is 35.9 Å². The van der Waals surface area contributed by atoms with Gasteiger partial charge in [-0.2, -0.15) is 0 Å². The van der Waals surface area contributed by atoms with E-state index in [-0.39, 0.29) is 11.5 Å². The molecule has 3 heterocycles. The number of carbonyl (C=O) groups is 1. The fourth-order valence-electron chi connectivity index (χ4n) is 3.88. The number of aryl methyl sites for hydroxylation is 1. The third-order valence-corrected chi connectivity index (χ3v) is 5.31. The largest absolute Gasteiger partial charge is 0.342 e. The number of aromatic nitrogens is 3. The summed E-state index contributed by atoms with van der Waals surface area (Å²) in [6.07, 6.45) is 4.59. The monoisotopic (exact) mass is 364 g/mol. The van der Waals surface area contributed by atoms with Gasteiger partial charge in [-0.25, -0.2) is 4.98 Å². The van der Waals surface area contributed by atoms with Crippen LogP contribution in [0.5, 0.6) is 0 Å². The average Bonchev–Trinajstić information content (AvgIpc) is 3.09. The van der Waals surface area contributed by atoms with E-state index in [1.807, 2.05) is 36.1 Å². The van der Waals surface area contributed by atoms with Gasteiger partial charge in [0.2, 0.25) is 0 Å². The van der Waals surface area contributed by atoms with Gasteiger partial charge in [0.25, 0.3) is 11.5 Å². The van der Waals surface area contributed by atoms with Crippen LogP contribution in [0.2, 0.25) is 0 Å². The van der Waals surface area contributed by atoms with Crippen LogP contribution in [0.25, 0.3) is 11.0 Å². The number of H-pyrrole nitrogens is 1. The molecule has 1 aliphatic rings. The van der Waals surface area contributed by atoms with Crippen molar-refractivity contribution < 1.29 is 4.79 Å². The lowest BCUT2D eigenvalue weighted by Gasteiger charge is -2.32. The Morgan fingerprint density at radius 3 is 2.93 bits per heavy atom. The van der Waals surface area contributed by atoms with E-state index >= 15 is 0 Å². The first-order valence-corrected chi connectivity index (χ1v) is 9.57. The highest BCUT2D eigenvalue weighted by atomic mass is 16.2. The summed E-state index contributed by atoms with van der Waals surface area (Å²) in [6, 6.07) is 11.2. The van der Waals surface area contributed by atoms with Crippen molar-refractivity contribution >= 4 is 16.9 Å². The molecular weight excluding hydrogens is 340 g/mol. The minimum Gasteiger partial charge on any atom is -0.342 e. The number of likely N-dealkylation sites (tertiary alicyclic amines) is 1. The smallest absolute Gasteiger partial charge is 0.254 e. The first kappa shape index (κ1) is 17.5. The summed E-state index contributed by atoms with van der Waals surface area (Å²) in [5.41, 5.74) is 2.38. The lowest BCUT2D eigenvalue weighted by molar-refractivity contribution is 0.0672. The molecule has 0 radical (unpaired) electrons. The second-order valence-electron chi connectivity index (χ2n) is 7.20. The highest BCUT2D eigenvalue weighted by Gasteiger charge is 2.25. The second kappa shape index (κ2) is 7.39. The Balaban J connectivity index is 1.46. The SMILES string of the molecule is CCn1ccc(C(=O)N2CCC[C@H](Cc3nc4ccccc4[nH]3)C2)cc1=O. The number of piperidine rings is 1. The Morgan fingerprint density at radius 1 is 1.30 bits per heavy atom. The van der Waals surface area contributed by atoms with Gasteiger partial charge < -0.3 is 14.5 Å². The van der Waals surface area contributed by atoms with Gasteiger partial charge in [0, 0.05) is 43.9 Å². The molecule has 2 aromatic heterocycles. The molecule has 1 atom stereocenters. The van der Waals surface area contributed by atoms with E-state index in [1.165, 1.54) is 6.07 Å². The summed E-state index contributed by atoms with van der Waals surface area (Å²) in [5.74, 6) is 1.30. The number of para-hydroxylation sites is 2. The van der Waals surface area contributed by atoms with E-state index < -0.39 is 0 Å². The maximum Gasteiger partial charge on any atom is 0.254 e. The third kappa shape index (κ3) is 3.65. The van der Waals surface area contributed by atoms with Crippen molar-refractivity contribution in [3.05, 3.63) is 64.3 Å². The molecule has 6 nitrogen and oxygen atoms in total. The zero-order valence-electron chi connectivity index (χ0n) is 15.5. The fraction of sp³-hybridized carbons (Fsp3) is 0.381. The van der Waals surface area contributed by atoms with Crippen LogP contribution in [-0.2, 0) is 13.0 Å². The summed E-state index contributed by atoms with van der Waals surface area (Å²) >= 11 is 0. The van der Waals surface area contributed by atoms with E-state index in [2.05, 4.69) is 9.97 Å². The minimum absolute atomic E-state index is 0.0512. The Hall–Kier alpha value is -2.89. The Labute approximate surface area is 157 Å². The van der Waals surface area contributed by atoms with E-state index in [4.69, 9.17) is 0 Å². The number of benzene rings is 1. The first-order chi connectivity index (χ1) is 13.1. The third-order valence-electron chi connectivity index (χ3n) is 5.31. The molecule has 1 N–H and O–H groups in total. The topological polar surface area (TPSA) is 71.0 Å². The Kier molecular flexibility index (Phi) is 4.79. The first-order valence-electron chi connectivity index (χ1n) is 9.57. The van der Waals surface area contributed by atoms with Gasteiger partial charge in [-0.05, 0) is 43.9 Å². The standard InChI is InChI=1S/C21H24N4O2/c1-2-24-11-9-16(13-20(24)26)21(27)25-10-5-6-15(14-25)12-19-22-17-7-3-4-8-18(17)23-19/h3-4,7-9,11,13,15H,2,5-6,10,12,14H2,1H3,(H,22,23)/t15-/m1/s1. The second-order valence-corrected chi connectivity index (χ2v) is 7.20. The molecule has 1 saturated heterocycles. The molecule has 1 aliphatic heterocycles. The number of pyridine rings is 1. The van der Waals surface area contributed by atoms with Crippen LogP contribution in [0.4, 0.5) is 0 Å². The number of carbonyl (C=O) groups excluding carboxylic acids is 1. The van der Waals surface area contributed by atoms with Gasteiger partial charge in [0.1, 0.15) is 5.82 Å². The van der Waals surface area contributed by atoms with Crippen molar-refractivity contribution in [1.82, 2.24) is 19.4 Å². The zero-order chi connectivity index (χ0) is 18.8. The fourth-order valence-corrected chi connectivity index (χ4v) is 3.88. The lowest BCUT2D eigenvalue weighted by atomic mass is 9.94. The van der Waals surface area contributed by atoms with E-state index in [0.717, 1.165) is 42.7 Å². The number of nitrogens with zero attached hydrogens (tertiary/aromatic N) is 3. The van der Waals surface area contributed by atoms with Crippen molar-refractivity contribution in [3.63, 3.8) is 0 Å². The van der Waals surface area contributed by atoms with Gasteiger partial charge in [0.15, 0.2) is 0 Å². The zero-order valence-corrected chi connectivity index (χ0v) is 15.5. The number of fused-ring (bicyclic) bond motifs is 1. The average molecular weight is 364 g/mol. The van der Waals surface area contributed by atoms with E-state index in [1.54, 1.807) is 16.8 Å². The number of hydrogen-bond acceptors (Lipinski definition) is 3. The molecule has 1 aromatic carbocycles. The number of hydrogen-bond donors (Lipinski definition) is 1. The summed E-state index contributed by atoms with van der Waals surface area (Å²) < 4.78 is 1.59. The summed E-state index contributed by atoms with van der Waals surface area (Å²) in [5, 5.41) is 0. The van der Waals surface area contributed by atoms with E-state index in [9.17, 15) is 9.59 Å². The highest BCUT2D eigenvalue weighted by Crippen LogP contribution is 2.22. The quantitative estimate of drug-likeness (QED) is 0.774. The van der Waals surface area contributed by atoms with Crippen molar-refractivity contribution in [2.75, 3.05) is 13.1 Å². The van der Waals surface area contributed by atoms with Gasteiger partial charge in [-0.15, -0.1) is 0 Å². The van der Waals surface area contributed by atoms with Crippen LogP contribution >= 0.6 is 0 Å². The Bertz CT molecular complexity index is 987. The molecule has 4 rings (SSSR count). The van der Waals surface area contributed by atoms with Crippen LogP contribution < -0.4 is 5.56 Å². The molecular formula is C21H24N4O2. The van der Waals surface area contributed by atoms with Crippen molar-refractivity contribution in [3.8, 4) is 0 Å². The van der Waals surface area contributed by atoms with Crippen LogP contribution in [0.15, 0.2) is 47.4 Å². The van der Waals surface area contributed by atoms with Crippen molar-refractivity contribution in [2.24, 2.45) is 5.92 Å². The number of imidazole rings is 1. The molecule has 0 unspecified atom stereocenters. The summed E-state index contributed by atoms with van der Waals surface area (Å²) in [7, 11) is 0. The molecule has 6 heteroatoms. The predicted octanol–water partition coefficient (Wildman–Crippen LogP) is 2.84. The van der Waals surface area contributed by atoms with Gasteiger partial charge in [-0.1, -0.05) is 12.1 Å². The highest BCUT2D eigenvalue weighted by molar-refractivity contribution is 5.94. The molecule has 0 bridgehead atoms. The summed E-state index contributed by atoms with van der Waals surface area (Å²) in [6.45, 7) is 3.96. The van der Waals surface area contributed by atoms with Gasteiger partial charge >= 0.3 is 0 Å². The minimum atomic E-state index is -0.126. The number of nitrogens with one attached hydrogen (secondary N) is 1. The molecule has 0 saturated carbocycles. The van der Waals surface area contributed by atoms with Gasteiger partial charge in [-0.3, -0.25) is 9.59 Å². The van der Waals surface area contributed by atoms with Crippen LogP contribution in [0, 0.1) is 5.92 Å². The van der Waals surface area contributed by atoms with Crippen molar-refractivity contribution in [1.29, 1.82) is 0 Å². The van der Waals surface area contributed by atoms with Crippen LogP contribution in [0.3, 0.4) is 0 Å². The normalized spacial score (nSPS) is 17.4.